The van der Waals surface area contributed by atoms with E-state index in [9.17, 15) is 44.1 Å². The van der Waals surface area contributed by atoms with Gasteiger partial charge in [0.15, 0.2) is 0 Å². The second kappa shape index (κ2) is 14.8. The molecule has 0 aromatic heterocycles. The summed E-state index contributed by atoms with van der Waals surface area (Å²) in [6, 6.07) is 8.66. The summed E-state index contributed by atoms with van der Waals surface area (Å²) >= 11 is 0. The van der Waals surface area contributed by atoms with Crippen LogP contribution in [0.4, 0.5) is 0 Å². The van der Waals surface area contributed by atoms with Gasteiger partial charge < -0.3 is 42.7 Å². The lowest BCUT2D eigenvalue weighted by molar-refractivity contribution is -0.144. The van der Waals surface area contributed by atoms with Crippen molar-refractivity contribution in [3.63, 3.8) is 0 Å². The number of hydrogen-bond donors (Lipinski definition) is 8. The number of rotatable bonds is 15. The van der Waals surface area contributed by atoms with Crippen LogP contribution < -0.4 is 27.4 Å². The van der Waals surface area contributed by atoms with Crippen LogP contribution in [0, 0.1) is 0 Å². The summed E-state index contributed by atoms with van der Waals surface area (Å²) in [7, 11) is 0. The number of hydrogen-bond acceptors (Lipinski definition) is 8. The molecular weight excluding hydrogens is 526 g/mol. The Morgan fingerprint density at radius 2 is 1.20 bits per heavy atom. The second-order valence-electron chi connectivity index (χ2n) is 8.96. The number of carboxylic acids is 2. The number of phenolic OH excluding ortho intramolecular Hbond substituents is 1. The average molecular weight is 558 g/mol. The normalized spacial score (nSPS) is 13.6. The largest absolute Gasteiger partial charge is 0.508 e. The van der Waals surface area contributed by atoms with E-state index in [-0.39, 0.29) is 18.6 Å². The summed E-state index contributed by atoms with van der Waals surface area (Å²) in [6.07, 6.45) is -1.68. The topological polar surface area (TPSA) is 251 Å². The first-order valence-electron chi connectivity index (χ1n) is 12.1. The molecule has 0 fully saturated rings. The number of nitrogens with two attached hydrogens (primary N) is 2. The van der Waals surface area contributed by atoms with Crippen LogP contribution in [0.5, 0.6) is 5.75 Å². The maximum Gasteiger partial charge on any atom is 0.326 e. The predicted molar refractivity (Wildman–Crippen MR) is 139 cm³/mol. The number of primary amides is 1. The molecule has 0 spiro atoms. The van der Waals surface area contributed by atoms with Gasteiger partial charge in [0.2, 0.25) is 23.6 Å². The molecule has 4 unspecified atom stereocenters. The molecule has 4 amide bonds. The summed E-state index contributed by atoms with van der Waals surface area (Å²) in [5, 5.41) is 34.8. The first-order chi connectivity index (χ1) is 18.8. The highest BCUT2D eigenvalue weighted by atomic mass is 16.4. The fourth-order valence-corrected chi connectivity index (χ4v) is 3.65. The summed E-state index contributed by atoms with van der Waals surface area (Å²) < 4.78 is 0. The van der Waals surface area contributed by atoms with E-state index in [1.165, 1.54) is 24.3 Å². The molecule has 214 valence electrons. The molecule has 4 atom stereocenters. The Bertz CT molecular complexity index is 1220. The minimum atomic E-state index is -1.77. The molecule has 14 nitrogen and oxygen atoms in total. The van der Waals surface area contributed by atoms with Crippen LogP contribution in [0.15, 0.2) is 54.6 Å². The van der Waals surface area contributed by atoms with Gasteiger partial charge in [-0.3, -0.25) is 24.0 Å². The van der Waals surface area contributed by atoms with E-state index in [2.05, 4.69) is 10.6 Å². The number of benzene rings is 2. The molecule has 2 aromatic carbocycles. The molecule has 10 N–H and O–H groups in total. The fourth-order valence-electron chi connectivity index (χ4n) is 3.65. The van der Waals surface area contributed by atoms with Crippen LogP contribution >= 0.6 is 0 Å². The van der Waals surface area contributed by atoms with Crippen LogP contribution in [0.25, 0.3) is 0 Å². The van der Waals surface area contributed by atoms with Crippen molar-refractivity contribution in [1.29, 1.82) is 0 Å². The quantitative estimate of drug-likeness (QED) is 0.124. The van der Waals surface area contributed by atoms with E-state index >= 15 is 0 Å². The average Bonchev–Trinajstić information content (AvgIpc) is 2.88. The molecule has 2 aromatic rings. The molecule has 0 saturated carbocycles. The summed E-state index contributed by atoms with van der Waals surface area (Å²) in [5.74, 6) is -7.02. The molecule has 0 aliphatic heterocycles. The van der Waals surface area contributed by atoms with E-state index in [0.717, 1.165) is 5.56 Å². The SMILES string of the molecule is NC(=O)CC(NC(=O)C(CC(=O)O)NC(=O)C(Cc1ccc(O)cc1)NC(=O)C(N)Cc1ccccc1)C(=O)O. The minimum absolute atomic E-state index is 0.0409. The van der Waals surface area contributed by atoms with Crippen molar-refractivity contribution in [3.8, 4) is 5.75 Å². The minimum Gasteiger partial charge on any atom is -0.508 e. The standard InChI is InChI=1S/C26H31N5O9/c27-17(10-14-4-2-1-3-5-14)23(36)29-18(11-15-6-8-16(32)9-7-15)24(37)30-19(13-22(34)35)25(38)31-20(26(39)40)12-21(28)33/h1-9,17-20,32H,10-13,27H2,(H2,28,33)(H,29,36)(H,30,37)(H,31,38)(H,34,35)(H,39,40). The first kappa shape index (κ1) is 31.2. The molecule has 0 radical (unpaired) electrons. The number of carbonyl (C=O) groups excluding carboxylic acids is 4. The van der Waals surface area contributed by atoms with Crippen molar-refractivity contribution < 1.29 is 44.1 Å². The van der Waals surface area contributed by atoms with E-state index in [1.54, 1.807) is 30.3 Å². The molecule has 14 heteroatoms. The van der Waals surface area contributed by atoms with E-state index in [0.29, 0.717) is 5.56 Å². The van der Waals surface area contributed by atoms with Crippen molar-refractivity contribution >= 4 is 35.6 Å². The van der Waals surface area contributed by atoms with Crippen LogP contribution in [0.1, 0.15) is 24.0 Å². The molecule has 0 aliphatic rings. The van der Waals surface area contributed by atoms with Gasteiger partial charge in [-0.05, 0) is 29.7 Å². The highest BCUT2D eigenvalue weighted by Crippen LogP contribution is 2.12. The van der Waals surface area contributed by atoms with Gasteiger partial charge in [-0.2, -0.15) is 0 Å². The lowest BCUT2D eigenvalue weighted by atomic mass is 10.0. The lowest BCUT2D eigenvalue weighted by Crippen LogP contribution is -2.58. The van der Waals surface area contributed by atoms with Crippen LogP contribution in [0.2, 0.25) is 0 Å². The zero-order chi connectivity index (χ0) is 29.8. The Morgan fingerprint density at radius 1 is 0.675 bits per heavy atom. The lowest BCUT2D eigenvalue weighted by Gasteiger charge is -2.24. The number of phenols is 1. The Labute approximate surface area is 228 Å². The third kappa shape index (κ3) is 10.4. The number of aromatic hydroxyl groups is 1. The van der Waals surface area contributed by atoms with Crippen molar-refractivity contribution in [3.05, 3.63) is 65.7 Å². The summed E-state index contributed by atoms with van der Waals surface area (Å²) in [5.41, 5.74) is 12.3. The molecular formula is C26H31N5O9. The highest BCUT2D eigenvalue weighted by molar-refractivity contribution is 5.96. The van der Waals surface area contributed by atoms with Gasteiger partial charge in [0, 0.05) is 6.42 Å². The molecule has 0 aliphatic carbocycles. The Kier molecular flexibility index (Phi) is 11.6. The maximum absolute atomic E-state index is 13.2. The molecule has 0 saturated heterocycles. The molecule has 2 rings (SSSR count). The van der Waals surface area contributed by atoms with Crippen LogP contribution in [-0.4, -0.2) is 75.1 Å². The van der Waals surface area contributed by atoms with Crippen molar-refractivity contribution in [1.82, 2.24) is 16.0 Å². The maximum atomic E-state index is 13.2. The first-order valence-corrected chi connectivity index (χ1v) is 12.1. The van der Waals surface area contributed by atoms with Gasteiger partial charge in [-0.15, -0.1) is 0 Å². The molecule has 40 heavy (non-hydrogen) atoms. The van der Waals surface area contributed by atoms with Crippen LogP contribution in [-0.2, 0) is 41.6 Å². The molecule has 0 heterocycles. The monoisotopic (exact) mass is 557 g/mol. The number of carboxylic acid groups (broad SMARTS) is 2. The second-order valence-corrected chi connectivity index (χ2v) is 8.96. The number of nitrogens with one attached hydrogen (secondary N) is 3. The zero-order valence-corrected chi connectivity index (χ0v) is 21.3. The predicted octanol–water partition coefficient (Wildman–Crippen LogP) is -1.61. The third-order valence-electron chi connectivity index (χ3n) is 5.68. The number of aliphatic carboxylic acids is 2. The number of carbonyl (C=O) groups is 6. The zero-order valence-electron chi connectivity index (χ0n) is 21.3. The fraction of sp³-hybridized carbons (Fsp3) is 0.308. The Balaban J connectivity index is 2.24. The van der Waals surface area contributed by atoms with Crippen molar-refractivity contribution in [2.45, 2.75) is 49.9 Å². The van der Waals surface area contributed by atoms with Crippen molar-refractivity contribution in [2.24, 2.45) is 11.5 Å². The van der Waals surface area contributed by atoms with E-state index < -0.39 is 72.6 Å². The Morgan fingerprint density at radius 3 is 1.75 bits per heavy atom. The number of amides is 4. The highest BCUT2D eigenvalue weighted by Gasteiger charge is 2.32. The van der Waals surface area contributed by atoms with E-state index in [4.69, 9.17) is 11.5 Å². The summed E-state index contributed by atoms with van der Waals surface area (Å²) in [4.78, 5) is 72.8. The van der Waals surface area contributed by atoms with E-state index in [1.807, 2.05) is 5.32 Å². The van der Waals surface area contributed by atoms with Crippen molar-refractivity contribution in [2.75, 3.05) is 0 Å². The van der Waals surface area contributed by atoms with Gasteiger partial charge in [-0.1, -0.05) is 42.5 Å². The summed E-state index contributed by atoms with van der Waals surface area (Å²) in [6.45, 7) is 0. The molecule has 0 bridgehead atoms. The Hall–Kier alpha value is -4.98. The van der Waals surface area contributed by atoms with Gasteiger partial charge >= 0.3 is 11.9 Å². The third-order valence-corrected chi connectivity index (χ3v) is 5.68. The smallest absolute Gasteiger partial charge is 0.326 e. The van der Waals surface area contributed by atoms with Gasteiger partial charge in [0.25, 0.3) is 0 Å². The van der Waals surface area contributed by atoms with Crippen LogP contribution in [0.3, 0.4) is 0 Å². The van der Waals surface area contributed by atoms with Gasteiger partial charge in [-0.25, -0.2) is 4.79 Å². The van der Waals surface area contributed by atoms with Gasteiger partial charge in [0.1, 0.15) is 23.9 Å². The van der Waals surface area contributed by atoms with Gasteiger partial charge in [0.05, 0.1) is 18.9 Å².